The van der Waals surface area contributed by atoms with E-state index in [0.717, 1.165) is 0 Å². The van der Waals surface area contributed by atoms with E-state index in [9.17, 15) is 4.79 Å². The third kappa shape index (κ3) is 0.805. The normalized spacial score (nSPS) is 9.92. The topological polar surface area (TPSA) is 61.1 Å². The molecule has 0 aliphatic rings. The fourth-order valence-corrected chi connectivity index (χ4v) is 1.09. The van der Waals surface area contributed by atoms with Crippen molar-refractivity contribution in [3.05, 3.63) is 40.4 Å². The molecule has 58 valence electrons. The zero-order chi connectivity index (χ0) is 8.55. The number of imidazole rings is 1. The molecule has 4 heteroatoms. The van der Waals surface area contributed by atoms with E-state index in [0.29, 0.717) is 11.3 Å². The number of H-pyrrole nitrogens is 1. The van der Waals surface area contributed by atoms with Crippen molar-refractivity contribution in [2.75, 3.05) is 0 Å². The van der Waals surface area contributed by atoms with Gasteiger partial charge in [0.1, 0.15) is 17.4 Å². The van der Waals surface area contributed by atoms with E-state index in [4.69, 9.17) is 5.26 Å². The van der Waals surface area contributed by atoms with E-state index in [-0.39, 0.29) is 5.56 Å². The lowest BCUT2D eigenvalue weighted by Crippen LogP contribution is -2.08. The number of nitriles is 1. The number of pyridine rings is 1. The van der Waals surface area contributed by atoms with Crippen LogP contribution in [0.5, 0.6) is 0 Å². The maximum atomic E-state index is 11.1. The highest BCUT2D eigenvalue weighted by atomic mass is 16.1. The minimum absolute atomic E-state index is 0.134. The zero-order valence-corrected chi connectivity index (χ0v) is 6.11. The highest BCUT2D eigenvalue weighted by Gasteiger charge is 1.98. The van der Waals surface area contributed by atoms with Crippen molar-refractivity contribution in [1.29, 1.82) is 5.26 Å². The lowest BCUT2D eigenvalue weighted by molar-refractivity contribution is 1.11. The molecule has 4 nitrogen and oxygen atoms in total. The van der Waals surface area contributed by atoms with Crippen LogP contribution < -0.4 is 5.56 Å². The molecule has 0 aliphatic heterocycles. The van der Waals surface area contributed by atoms with Crippen molar-refractivity contribution >= 4 is 5.65 Å². The van der Waals surface area contributed by atoms with Gasteiger partial charge in [0.05, 0.1) is 0 Å². The molecule has 0 atom stereocenters. The SMILES string of the molecule is N#Cc1cn2c(=O)cccc2[nH]1. The minimum atomic E-state index is -0.134. The summed E-state index contributed by atoms with van der Waals surface area (Å²) in [6, 6.07) is 6.76. The Bertz CT molecular complexity index is 515. The Morgan fingerprint density at radius 2 is 2.33 bits per heavy atom. The minimum Gasteiger partial charge on any atom is -0.331 e. The quantitative estimate of drug-likeness (QED) is 0.608. The molecule has 0 spiro atoms. The molecule has 2 aromatic rings. The predicted octanol–water partition coefficient (Wildman–Crippen LogP) is 0.499. The first-order valence-corrected chi connectivity index (χ1v) is 3.42. The second kappa shape index (κ2) is 2.24. The number of hydrogen-bond acceptors (Lipinski definition) is 2. The molecule has 2 heterocycles. The molecule has 0 aromatic carbocycles. The Morgan fingerprint density at radius 3 is 3.00 bits per heavy atom. The van der Waals surface area contributed by atoms with Crippen LogP contribution in [0.1, 0.15) is 5.69 Å². The maximum Gasteiger partial charge on any atom is 0.256 e. The molecule has 0 amide bonds. The van der Waals surface area contributed by atoms with E-state index < -0.39 is 0 Å². The van der Waals surface area contributed by atoms with Crippen LogP contribution in [0.3, 0.4) is 0 Å². The van der Waals surface area contributed by atoms with Crippen LogP contribution in [0.4, 0.5) is 0 Å². The fourth-order valence-electron chi connectivity index (χ4n) is 1.09. The van der Waals surface area contributed by atoms with Gasteiger partial charge in [-0.1, -0.05) is 6.07 Å². The highest BCUT2D eigenvalue weighted by Crippen LogP contribution is 1.99. The van der Waals surface area contributed by atoms with Crippen molar-refractivity contribution in [1.82, 2.24) is 9.38 Å². The summed E-state index contributed by atoms with van der Waals surface area (Å²) in [5.41, 5.74) is 0.891. The molecule has 2 rings (SSSR count). The summed E-state index contributed by atoms with van der Waals surface area (Å²) < 4.78 is 1.40. The second-order valence-corrected chi connectivity index (χ2v) is 2.40. The molecule has 0 bridgehead atoms. The van der Waals surface area contributed by atoms with Crippen molar-refractivity contribution < 1.29 is 0 Å². The van der Waals surface area contributed by atoms with Gasteiger partial charge in [0.25, 0.3) is 5.56 Å². The highest BCUT2D eigenvalue weighted by molar-refractivity contribution is 5.42. The van der Waals surface area contributed by atoms with Crippen LogP contribution in [0.25, 0.3) is 5.65 Å². The average molecular weight is 159 g/mol. The molecule has 0 radical (unpaired) electrons. The van der Waals surface area contributed by atoms with Crippen LogP contribution in [-0.4, -0.2) is 9.38 Å². The molecule has 0 fully saturated rings. The Kier molecular flexibility index (Phi) is 1.25. The first-order chi connectivity index (χ1) is 5.81. The largest absolute Gasteiger partial charge is 0.331 e. The third-order valence-electron chi connectivity index (χ3n) is 1.63. The molecule has 0 saturated carbocycles. The van der Waals surface area contributed by atoms with E-state index in [1.54, 1.807) is 12.1 Å². The number of hydrogen-bond donors (Lipinski definition) is 1. The second-order valence-electron chi connectivity index (χ2n) is 2.40. The van der Waals surface area contributed by atoms with Gasteiger partial charge >= 0.3 is 0 Å². The van der Waals surface area contributed by atoms with Crippen LogP contribution in [0.15, 0.2) is 29.2 Å². The van der Waals surface area contributed by atoms with Crippen LogP contribution in [0.2, 0.25) is 0 Å². The number of nitrogens with zero attached hydrogens (tertiary/aromatic N) is 2. The van der Waals surface area contributed by atoms with Gasteiger partial charge in [-0.3, -0.25) is 9.20 Å². The number of fused-ring (bicyclic) bond motifs is 1. The summed E-state index contributed by atoms with van der Waals surface area (Å²) in [6.45, 7) is 0. The summed E-state index contributed by atoms with van der Waals surface area (Å²) in [7, 11) is 0. The zero-order valence-electron chi connectivity index (χ0n) is 6.11. The first-order valence-electron chi connectivity index (χ1n) is 3.42. The monoisotopic (exact) mass is 159 g/mol. The van der Waals surface area contributed by atoms with Gasteiger partial charge in [-0.15, -0.1) is 0 Å². The first kappa shape index (κ1) is 6.68. The Labute approximate surface area is 67.7 Å². The Hall–Kier alpha value is -2.02. The van der Waals surface area contributed by atoms with Crippen molar-refractivity contribution in [2.45, 2.75) is 0 Å². The maximum absolute atomic E-state index is 11.1. The predicted molar refractivity (Wildman–Crippen MR) is 42.7 cm³/mol. The van der Waals surface area contributed by atoms with Crippen molar-refractivity contribution in [3.63, 3.8) is 0 Å². The standard InChI is InChI=1S/C8H5N3O/c9-4-6-5-11-7(10-6)2-1-3-8(11)12/h1-3,5,10H. The summed E-state index contributed by atoms with van der Waals surface area (Å²) in [5, 5.41) is 8.53. The van der Waals surface area contributed by atoms with E-state index in [1.807, 2.05) is 6.07 Å². The van der Waals surface area contributed by atoms with Gasteiger partial charge in [0.2, 0.25) is 0 Å². The van der Waals surface area contributed by atoms with Gasteiger partial charge in [-0.2, -0.15) is 5.26 Å². The summed E-state index contributed by atoms with van der Waals surface area (Å²) in [6.07, 6.45) is 1.48. The van der Waals surface area contributed by atoms with Gasteiger partial charge < -0.3 is 4.98 Å². The lowest BCUT2D eigenvalue weighted by atomic mass is 10.5. The van der Waals surface area contributed by atoms with E-state index in [2.05, 4.69) is 4.98 Å². The van der Waals surface area contributed by atoms with Crippen LogP contribution in [0, 0.1) is 11.3 Å². The van der Waals surface area contributed by atoms with E-state index >= 15 is 0 Å². The molecule has 12 heavy (non-hydrogen) atoms. The number of aromatic amines is 1. The number of aromatic nitrogens is 2. The van der Waals surface area contributed by atoms with Gasteiger partial charge in [-0.05, 0) is 6.07 Å². The molecule has 0 saturated heterocycles. The molecule has 0 aliphatic carbocycles. The molecular weight excluding hydrogens is 154 g/mol. The lowest BCUT2D eigenvalue weighted by Gasteiger charge is -1.86. The Morgan fingerprint density at radius 1 is 1.50 bits per heavy atom. The fraction of sp³-hybridized carbons (Fsp3) is 0. The molecular formula is C8H5N3O. The molecule has 1 N–H and O–H groups in total. The average Bonchev–Trinajstić information content (AvgIpc) is 2.49. The molecule has 0 unspecified atom stereocenters. The van der Waals surface area contributed by atoms with Crippen LogP contribution >= 0.6 is 0 Å². The molecule has 2 aromatic heterocycles. The van der Waals surface area contributed by atoms with E-state index in [1.165, 1.54) is 16.7 Å². The summed E-state index contributed by atoms with van der Waals surface area (Å²) in [5.74, 6) is 0. The van der Waals surface area contributed by atoms with Gasteiger partial charge in [-0.25, -0.2) is 0 Å². The summed E-state index contributed by atoms with van der Waals surface area (Å²) >= 11 is 0. The third-order valence-corrected chi connectivity index (χ3v) is 1.63. The van der Waals surface area contributed by atoms with Crippen LogP contribution in [-0.2, 0) is 0 Å². The van der Waals surface area contributed by atoms with Gasteiger partial charge in [0.15, 0.2) is 0 Å². The smallest absolute Gasteiger partial charge is 0.256 e. The van der Waals surface area contributed by atoms with Crippen molar-refractivity contribution in [3.8, 4) is 6.07 Å². The Balaban J connectivity index is 2.95. The van der Waals surface area contributed by atoms with Crippen molar-refractivity contribution in [2.24, 2.45) is 0 Å². The number of nitrogens with one attached hydrogen (secondary N) is 1. The number of rotatable bonds is 0. The summed E-state index contributed by atoms with van der Waals surface area (Å²) in [4.78, 5) is 13.9. The van der Waals surface area contributed by atoms with Gasteiger partial charge in [0, 0.05) is 12.3 Å².